The first-order valence-corrected chi connectivity index (χ1v) is 7.33. The predicted octanol–water partition coefficient (Wildman–Crippen LogP) is 4.08. The van der Waals surface area contributed by atoms with E-state index in [9.17, 15) is 4.39 Å². The van der Waals surface area contributed by atoms with Gasteiger partial charge in [0.25, 0.3) is 0 Å². The van der Waals surface area contributed by atoms with Crippen molar-refractivity contribution in [2.45, 2.75) is 12.6 Å². The van der Waals surface area contributed by atoms with Gasteiger partial charge in [0, 0.05) is 23.5 Å². The van der Waals surface area contributed by atoms with E-state index >= 15 is 0 Å². The first kappa shape index (κ1) is 14.8. The van der Waals surface area contributed by atoms with E-state index in [1.54, 1.807) is 12.3 Å². The highest BCUT2D eigenvalue weighted by molar-refractivity contribution is 6.30. The minimum atomic E-state index is -0.257. The standard InChI is InChI=1S/C17H15ClFN3/c18-14-5-1-3-12(9-14)17(13-4-2-6-15(19)10-13)20-11-16-7-8-21-22-16/h1-10,17,20H,11H2,(H,21,22)/t17-/m1/s1. The number of halogens is 2. The molecule has 0 saturated heterocycles. The monoisotopic (exact) mass is 315 g/mol. The maximum absolute atomic E-state index is 13.6. The smallest absolute Gasteiger partial charge is 0.123 e. The van der Waals surface area contributed by atoms with E-state index in [-0.39, 0.29) is 11.9 Å². The molecule has 0 amide bonds. The fourth-order valence-corrected chi connectivity index (χ4v) is 2.59. The Balaban J connectivity index is 1.91. The lowest BCUT2D eigenvalue weighted by atomic mass is 9.98. The van der Waals surface area contributed by atoms with Gasteiger partial charge in [-0.05, 0) is 41.5 Å². The van der Waals surface area contributed by atoms with Crippen LogP contribution in [0.4, 0.5) is 4.39 Å². The third-order valence-electron chi connectivity index (χ3n) is 3.42. The van der Waals surface area contributed by atoms with Crippen LogP contribution >= 0.6 is 11.6 Å². The number of rotatable bonds is 5. The van der Waals surface area contributed by atoms with Crippen LogP contribution in [0.5, 0.6) is 0 Å². The third kappa shape index (κ3) is 3.53. The quantitative estimate of drug-likeness (QED) is 0.745. The Morgan fingerprint density at radius 1 is 1.09 bits per heavy atom. The molecule has 1 heterocycles. The van der Waals surface area contributed by atoms with Crippen molar-refractivity contribution < 1.29 is 4.39 Å². The van der Waals surface area contributed by atoms with Crippen LogP contribution in [0.15, 0.2) is 60.8 Å². The van der Waals surface area contributed by atoms with Gasteiger partial charge in [-0.3, -0.25) is 5.10 Å². The molecule has 3 nitrogen and oxygen atoms in total. The molecule has 1 atom stereocenters. The molecule has 0 unspecified atom stereocenters. The molecule has 0 bridgehead atoms. The molecule has 3 aromatic rings. The SMILES string of the molecule is Fc1cccc([C@H](NCc2ccn[nH]2)c2cccc(Cl)c2)c1. The van der Waals surface area contributed by atoms with Crippen LogP contribution in [0.1, 0.15) is 22.9 Å². The highest BCUT2D eigenvalue weighted by Gasteiger charge is 2.15. The van der Waals surface area contributed by atoms with Gasteiger partial charge in [-0.2, -0.15) is 5.10 Å². The van der Waals surface area contributed by atoms with Gasteiger partial charge >= 0.3 is 0 Å². The summed E-state index contributed by atoms with van der Waals surface area (Å²) in [5, 5.41) is 10.9. The molecule has 1 aromatic heterocycles. The van der Waals surface area contributed by atoms with Crippen molar-refractivity contribution in [2.75, 3.05) is 0 Å². The molecule has 112 valence electrons. The molecule has 3 rings (SSSR count). The van der Waals surface area contributed by atoms with E-state index < -0.39 is 0 Å². The van der Waals surface area contributed by atoms with E-state index in [4.69, 9.17) is 11.6 Å². The number of nitrogens with one attached hydrogen (secondary N) is 2. The number of aromatic amines is 1. The van der Waals surface area contributed by atoms with Gasteiger partial charge in [-0.15, -0.1) is 0 Å². The number of hydrogen-bond acceptors (Lipinski definition) is 2. The van der Waals surface area contributed by atoms with Crippen LogP contribution < -0.4 is 5.32 Å². The number of hydrogen-bond donors (Lipinski definition) is 2. The summed E-state index contributed by atoms with van der Waals surface area (Å²) in [4.78, 5) is 0. The van der Waals surface area contributed by atoms with Gasteiger partial charge in [0.05, 0.1) is 6.04 Å². The fraction of sp³-hybridized carbons (Fsp3) is 0.118. The van der Waals surface area contributed by atoms with Crippen molar-refractivity contribution in [1.82, 2.24) is 15.5 Å². The number of aromatic nitrogens is 2. The van der Waals surface area contributed by atoms with Crippen molar-refractivity contribution in [3.63, 3.8) is 0 Å². The van der Waals surface area contributed by atoms with Crippen molar-refractivity contribution in [1.29, 1.82) is 0 Å². The minimum Gasteiger partial charge on any atom is -0.301 e. The molecule has 22 heavy (non-hydrogen) atoms. The highest BCUT2D eigenvalue weighted by Crippen LogP contribution is 2.25. The molecule has 0 fully saturated rings. The summed E-state index contributed by atoms with van der Waals surface area (Å²) in [7, 11) is 0. The molecule has 0 spiro atoms. The largest absolute Gasteiger partial charge is 0.301 e. The van der Waals surface area contributed by atoms with E-state index in [0.29, 0.717) is 11.6 Å². The van der Waals surface area contributed by atoms with Gasteiger partial charge < -0.3 is 5.32 Å². The highest BCUT2D eigenvalue weighted by atomic mass is 35.5. The van der Waals surface area contributed by atoms with Gasteiger partial charge in [0.15, 0.2) is 0 Å². The average Bonchev–Trinajstić information content (AvgIpc) is 3.01. The Labute approximate surface area is 133 Å². The first-order chi connectivity index (χ1) is 10.7. The summed E-state index contributed by atoms with van der Waals surface area (Å²) in [5.41, 5.74) is 2.79. The van der Waals surface area contributed by atoms with Crippen LogP contribution in [0.25, 0.3) is 0 Å². The average molecular weight is 316 g/mol. The summed E-state index contributed by atoms with van der Waals surface area (Å²) in [6.07, 6.45) is 1.70. The Morgan fingerprint density at radius 3 is 2.55 bits per heavy atom. The lowest BCUT2D eigenvalue weighted by Crippen LogP contribution is -2.22. The van der Waals surface area contributed by atoms with Crippen molar-refractivity contribution in [2.24, 2.45) is 0 Å². The summed E-state index contributed by atoms with van der Waals surface area (Å²) in [6, 6.07) is 15.9. The Kier molecular flexibility index (Phi) is 4.51. The maximum atomic E-state index is 13.6. The van der Waals surface area contributed by atoms with Crippen LogP contribution in [-0.2, 0) is 6.54 Å². The molecule has 2 N–H and O–H groups in total. The van der Waals surface area contributed by atoms with Crippen molar-refractivity contribution in [3.05, 3.63) is 88.5 Å². The zero-order valence-corrected chi connectivity index (χ0v) is 12.5. The number of nitrogens with zero attached hydrogens (tertiary/aromatic N) is 1. The lowest BCUT2D eigenvalue weighted by molar-refractivity contribution is 0.583. The Morgan fingerprint density at radius 2 is 1.86 bits per heavy atom. The second kappa shape index (κ2) is 6.73. The molecular formula is C17H15ClFN3. The zero-order valence-electron chi connectivity index (χ0n) is 11.8. The summed E-state index contributed by atoms with van der Waals surface area (Å²) < 4.78 is 13.6. The summed E-state index contributed by atoms with van der Waals surface area (Å²) in [5.74, 6) is -0.257. The van der Waals surface area contributed by atoms with Gasteiger partial charge in [0.1, 0.15) is 5.82 Å². The van der Waals surface area contributed by atoms with Crippen LogP contribution in [0.2, 0.25) is 5.02 Å². The summed E-state index contributed by atoms with van der Waals surface area (Å²) in [6.45, 7) is 0.591. The van der Waals surface area contributed by atoms with Gasteiger partial charge in [0.2, 0.25) is 0 Å². The van der Waals surface area contributed by atoms with E-state index in [0.717, 1.165) is 16.8 Å². The molecular weight excluding hydrogens is 301 g/mol. The molecule has 0 aliphatic carbocycles. The topological polar surface area (TPSA) is 40.7 Å². The second-order valence-corrected chi connectivity index (χ2v) is 5.44. The van der Waals surface area contributed by atoms with Crippen molar-refractivity contribution in [3.8, 4) is 0 Å². The minimum absolute atomic E-state index is 0.155. The number of H-pyrrole nitrogens is 1. The van der Waals surface area contributed by atoms with Crippen LogP contribution in [-0.4, -0.2) is 10.2 Å². The molecule has 0 aliphatic rings. The summed E-state index contributed by atoms with van der Waals surface area (Å²) >= 11 is 6.09. The molecule has 2 aromatic carbocycles. The molecule has 0 saturated carbocycles. The number of benzene rings is 2. The first-order valence-electron chi connectivity index (χ1n) is 6.95. The molecule has 0 radical (unpaired) electrons. The van der Waals surface area contributed by atoms with E-state index in [1.165, 1.54) is 12.1 Å². The van der Waals surface area contributed by atoms with Gasteiger partial charge in [-0.1, -0.05) is 35.9 Å². The fourth-order valence-electron chi connectivity index (χ4n) is 2.40. The second-order valence-electron chi connectivity index (χ2n) is 5.01. The predicted molar refractivity (Wildman–Crippen MR) is 85.1 cm³/mol. The van der Waals surface area contributed by atoms with Crippen LogP contribution in [0, 0.1) is 5.82 Å². The third-order valence-corrected chi connectivity index (χ3v) is 3.65. The normalized spacial score (nSPS) is 12.3. The molecule has 0 aliphatic heterocycles. The van der Waals surface area contributed by atoms with E-state index in [2.05, 4.69) is 15.5 Å². The van der Waals surface area contributed by atoms with Gasteiger partial charge in [-0.25, -0.2) is 4.39 Å². The Bertz CT molecular complexity index is 698. The Hall–Kier alpha value is -2.17. The van der Waals surface area contributed by atoms with Crippen LogP contribution in [0.3, 0.4) is 0 Å². The lowest BCUT2D eigenvalue weighted by Gasteiger charge is -2.20. The maximum Gasteiger partial charge on any atom is 0.123 e. The van der Waals surface area contributed by atoms with Crippen molar-refractivity contribution >= 4 is 11.6 Å². The van der Waals surface area contributed by atoms with E-state index in [1.807, 2.05) is 36.4 Å². The molecule has 5 heteroatoms. The zero-order chi connectivity index (χ0) is 15.4.